The normalized spacial score (nSPS) is 14.9. The summed E-state index contributed by atoms with van der Waals surface area (Å²) in [4.78, 5) is 16.3. The summed E-state index contributed by atoms with van der Waals surface area (Å²) in [7, 11) is 1.45. The lowest BCUT2D eigenvalue weighted by Gasteiger charge is -2.34. The molecule has 0 radical (unpaired) electrons. The van der Waals surface area contributed by atoms with Gasteiger partial charge in [-0.15, -0.1) is 0 Å². The summed E-state index contributed by atoms with van der Waals surface area (Å²) < 4.78 is 18.8. The van der Waals surface area contributed by atoms with E-state index in [0.717, 1.165) is 24.2 Å². The fourth-order valence-corrected chi connectivity index (χ4v) is 3.32. The molecule has 0 bridgehead atoms. The van der Waals surface area contributed by atoms with E-state index in [1.54, 1.807) is 17.0 Å². The molecule has 1 heterocycles. The van der Waals surface area contributed by atoms with Crippen molar-refractivity contribution in [3.63, 3.8) is 0 Å². The first-order chi connectivity index (χ1) is 13.0. The third kappa shape index (κ3) is 5.34. The van der Waals surface area contributed by atoms with Crippen LogP contribution >= 0.6 is 11.6 Å². The number of carbonyl (C=O) groups is 1. The number of rotatable bonds is 5. The topological polar surface area (TPSA) is 44.8 Å². The molecule has 2 aromatic rings. The highest BCUT2D eigenvalue weighted by Gasteiger charge is 2.21. The van der Waals surface area contributed by atoms with E-state index in [9.17, 15) is 9.18 Å². The van der Waals surface area contributed by atoms with E-state index in [2.05, 4.69) is 10.2 Å². The van der Waals surface area contributed by atoms with Crippen molar-refractivity contribution in [2.45, 2.75) is 13.1 Å². The summed E-state index contributed by atoms with van der Waals surface area (Å²) in [5, 5.41) is 3.58. The minimum absolute atomic E-state index is 0.0786. The number of nitrogens with zero attached hydrogens (tertiary/aromatic N) is 2. The predicted molar refractivity (Wildman–Crippen MR) is 103 cm³/mol. The predicted octanol–water partition coefficient (Wildman–Crippen LogP) is 3.52. The molecule has 3 rings (SSSR count). The van der Waals surface area contributed by atoms with Gasteiger partial charge in [0, 0.05) is 44.3 Å². The van der Waals surface area contributed by atoms with E-state index in [-0.39, 0.29) is 17.6 Å². The third-order valence-corrected chi connectivity index (χ3v) is 4.85. The first-order valence-corrected chi connectivity index (χ1v) is 9.25. The van der Waals surface area contributed by atoms with E-state index >= 15 is 0 Å². The second kappa shape index (κ2) is 9.06. The van der Waals surface area contributed by atoms with Gasteiger partial charge in [0.1, 0.15) is 0 Å². The van der Waals surface area contributed by atoms with Crippen molar-refractivity contribution in [3.8, 4) is 5.75 Å². The Kier molecular flexibility index (Phi) is 6.53. The number of halogens is 2. The van der Waals surface area contributed by atoms with Crippen LogP contribution in [0.5, 0.6) is 5.75 Å². The zero-order chi connectivity index (χ0) is 19.2. The number of hydrogen-bond acceptors (Lipinski definition) is 3. The van der Waals surface area contributed by atoms with E-state index < -0.39 is 0 Å². The zero-order valence-corrected chi connectivity index (χ0v) is 16.0. The molecule has 5 nitrogen and oxygen atoms in total. The van der Waals surface area contributed by atoms with Crippen LogP contribution in [0.4, 0.5) is 9.18 Å². The van der Waals surface area contributed by atoms with Gasteiger partial charge in [0.15, 0.2) is 11.6 Å². The minimum atomic E-state index is -0.353. The molecular formula is C20H23ClFN3O2. The Hall–Kier alpha value is -2.31. The van der Waals surface area contributed by atoms with E-state index in [4.69, 9.17) is 16.3 Å². The quantitative estimate of drug-likeness (QED) is 0.848. The number of piperazine rings is 1. The van der Waals surface area contributed by atoms with Gasteiger partial charge < -0.3 is 15.0 Å². The lowest BCUT2D eigenvalue weighted by molar-refractivity contribution is 0.135. The number of amides is 2. The molecular weight excluding hydrogens is 369 g/mol. The lowest BCUT2D eigenvalue weighted by Crippen LogP contribution is -2.51. The number of nitrogens with one attached hydrogen (secondary N) is 1. The summed E-state index contributed by atoms with van der Waals surface area (Å²) in [6, 6.07) is 12.4. The van der Waals surface area contributed by atoms with Crippen LogP contribution in [-0.4, -0.2) is 49.1 Å². The molecule has 1 aliphatic heterocycles. The fourth-order valence-electron chi connectivity index (χ4n) is 3.11. The Morgan fingerprint density at radius 1 is 1.15 bits per heavy atom. The highest BCUT2D eigenvalue weighted by Crippen LogP contribution is 2.19. The fraction of sp³-hybridized carbons (Fsp3) is 0.350. The zero-order valence-electron chi connectivity index (χ0n) is 15.3. The van der Waals surface area contributed by atoms with Crippen LogP contribution in [0.25, 0.3) is 0 Å². The Balaban J connectivity index is 1.45. The number of urea groups is 1. The standard InChI is InChI=1S/C20H23ClFN3O2/c1-27-19-6-5-16(12-18(19)22)14-24-7-9-25(10-8-24)20(26)23-13-15-3-2-4-17(21)11-15/h2-6,11-12H,7-10,13-14H2,1H3,(H,23,26). The first-order valence-electron chi connectivity index (χ1n) is 8.87. The maximum absolute atomic E-state index is 13.8. The Bertz CT molecular complexity index is 795. The average molecular weight is 392 g/mol. The van der Waals surface area contributed by atoms with Crippen LogP contribution in [-0.2, 0) is 13.1 Å². The Morgan fingerprint density at radius 3 is 2.59 bits per heavy atom. The molecule has 1 saturated heterocycles. The Morgan fingerprint density at radius 2 is 1.93 bits per heavy atom. The second-order valence-corrected chi connectivity index (χ2v) is 6.96. The van der Waals surface area contributed by atoms with Gasteiger partial charge in [0.2, 0.25) is 0 Å². The number of benzene rings is 2. The minimum Gasteiger partial charge on any atom is -0.494 e. The number of methoxy groups -OCH3 is 1. The summed E-state index contributed by atoms with van der Waals surface area (Å²) >= 11 is 5.96. The molecule has 1 fully saturated rings. The molecule has 7 heteroatoms. The van der Waals surface area contributed by atoms with Gasteiger partial charge in [0.25, 0.3) is 0 Å². The van der Waals surface area contributed by atoms with Crippen molar-refractivity contribution < 1.29 is 13.9 Å². The monoisotopic (exact) mass is 391 g/mol. The maximum atomic E-state index is 13.8. The average Bonchev–Trinajstić information content (AvgIpc) is 2.67. The number of carbonyl (C=O) groups excluding carboxylic acids is 1. The lowest BCUT2D eigenvalue weighted by atomic mass is 10.2. The van der Waals surface area contributed by atoms with E-state index in [0.29, 0.717) is 31.2 Å². The molecule has 144 valence electrons. The van der Waals surface area contributed by atoms with Gasteiger partial charge >= 0.3 is 6.03 Å². The van der Waals surface area contributed by atoms with Crippen molar-refractivity contribution in [2.75, 3.05) is 33.3 Å². The second-order valence-electron chi connectivity index (χ2n) is 6.52. The van der Waals surface area contributed by atoms with E-state index in [1.807, 2.05) is 24.3 Å². The van der Waals surface area contributed by atoms with Crippen LogP contribution in [0.15, 0.2) is 42.5 Å². The highest BCUT2D eigenvalue weighted by atomic mass is 35.5. The maximum Gasteiger partial charge on any atom is 0.317 e. The van der Waals surface area contributed by atoms with Crippen LogP contribution in [0.3, 0.4) is 0 Å². The van der Waals surface area contributed by atoms with Crippen LogP contribution in [0.1, 0.15) is 11.1 Å². The molecule has 0 unspecified atom stereocenters. The molecule has 0 aromatic heterocycles. The largest absolute Gasteiger partial charge is 0.494 e. The SMILES string of the molecule is COc1ccc(CN2CCN(C(=O)NCc3cccc(Cl)c3)CC2)cc1F. The summed E-state index contributed by atoms with van der Waals surface area (Å²) in [6.07, 6.45) is 0. The van der Waals surface area contributed by atoms with Crippen molar-refractivity contribution in [1.29, 1.82) is 0 Å². The van der Waals surface area contributed by atoms with Crippen LogP contribution in [0.2, 0.25) is 5.02 Å². The van der Waals surface area contributed by atoms with Crippen LogP contribution < -0.4 is 10.1 Å². The summed E-state index contributed by atoms with van der Waals surface area (Å²) in [6.45, 7) is 3.88. The van der Waals surface area contributed by atoms with Crippen molar-refractivity contribution >= 4 is 17.6 Å². The Labute approximate surface area is 163 Å². The third-order valence-electron chi connectivity index (χ3n) is 4.61. The smallest absolute Gasteiger partial charge is 0.317 e. The molecule has 2 aromatic carbocycles. The van der Waals surface area contributed by atoms with Gasteiger partial charge in [-0.05, 0) is 35.4 Å². The molecule has 0 aliphatic carbocycles. The molecule has 0 saturated carbocycles. The highest BCUT2D eigenvalue weighted by molar-refractivity contribution is 6.30. The molecule has 0 atom stereocenters. The van der Waals surface area contributed by atoms with Crippen molar-refractivity contribution in [3.05, 3.63) is 64.4 Å². The number of hydrogen-bond donors (Lipinski definition) is 1. The molecule has 1 N–H and O–H groups in total. The first kappa shape index (κ1) is 19.5. The van der Waals surface area contributed by atoms with Gasteiger partial charge in [-0.2, -0.15) is 0 Å². The number of ether oxygens (including phenoxy) is 1. The molecule has 1 aliphatic rings. The van der Waals surface area contributed by atoms with Gasteiger partial charge in [-0.3, -0.25) is 4.90 Å². The molecule has 2 amide bonds. The van der Waals surface area contributed by atoms with Gasteiger partial charge in [0.05, 0.1) is 7.11 Å². The van der Waals surface area contributed by atoms with Gasteiger partial charge in [-0.1, -0.05) is 29.8 Å². The molecule has 0 spiro atoms. The van der Waals surface area contributed by atoms with Crippen molar-refractivity contribution in [2.24, 2.45) is 0 Å². The summed E-state index contributed by atoms with van der Waals surface area (Å²) in [5.41, 5.74) is 1.86. The van der Waals surface area contributed by atoms with E-state index in [1.165, 1.54) is 13.2 Å². The van der Waals surface area contributed by atoms with Gasteiger partial charge in [-0.25, -0.2) is 9.18 Å². The summed E-state index contributed by atoms with van der Waals surface area (Å²) in [5.74, 6) is -0.103. The van der Waals surface area contributed by atoms with Crippen molar-refractivity contribution in [1.82, 2.24) is 15.1 Å². The van der Waals surface area contributed by atoms with Crippen LogP contribution in [0, 0.1) is 5.82 Å². The molecule has 27 heavy (non-hydrogen) atoms.